The van der Waals surface area contributed by atoms with Gasteiger partial charge in [-0.1, -0.05) is 5.16 Å². The summed E-state index contributed by atoms with van der Waals surface area (Å²) >= 11 is 0. The van der Waals surface area contributed by atoms with Gasteiger partial charge >= 0.3 is 5.97 Å². The molecule has 2 rings (SSSR count). The van der Waals surface area contributed by atoms with Gasteiger partial charge in [0, 0.05) is 5.92 Å². The van der Waals surface area contributed by atoms with E-state index >= 15 is 0 Å². The fraction of sp³-hybridized carbons (Fsp3) is 0.556. The van der Waals surface area contributed by atoms with Gasteiger partial charge in [-0.15, -0.1) is 12.4 Å². The molecule has 0 radical (unpaired) electrons. The van der Waals surface area contributed by atoms with E-state index in [1.165, 1.54) is 6.26 Å². The molecule has 1 aromatic heterocycles. The number of aromatic nitrogens is 1. The van der Waals surface area contributed by atoms with Crippen molar-refractivity contribution in [3.05, 3.63) is 17.5 Å². The summed E-state index contributed by atoms with van der Waals surface area (Å²) in [5, 5.41) is 15.9. The quantitative estimate of drug-likeness (QED) is 0.803. The van der Waals surface area contributed by atoms with E-state index in [9.17, 15) is 4.79 Å². The highest BCUT2D eigenvalue weighted by atomic mass is 35.5. The highest BCUT2D eigenvalue weighted by Crippen LogP contribution is 2.26. The third kappa shape index (κ3) is 2.49. The number of carbonyl (C=O) groups is 1. The van der Waals surface area contributed by atoms with Crippen molar-refractivity contribution in [2.24, 2.45) is 0 Å². The van der Waals surface area contributed by atoms with Crippen LogP contribution in [0.5, 0.6) is 0 Å². The van der Waals surface area contributed by atoms with Crippen molar-refractivity contribution >= 4 is 18.4 Å². The molecule has 0 aromatic carbocycles. The summed E-state index contributed by atoms with van der Waals surface area (Å²) in [6.07, 6.45) is 3.05. The van der Waals surface area contributed by atoms with Crippen molar-refractivity contribution < 1.29 is 14.4 Å². The van der Waals surface area contributed by atoms with E-state index in [1.54, 1.807) is 0 Å². The number of carboxylic acids is 1. The second-order valence-electron chi connectivity index (χ2n) is 3.44. The molecule has 0 atom stereocenters. The molecule has 2 N–H and O–H groups in total. The summed E-state index contributed by atoms with van der Waals surface area (Å²) in [5.74, 6) is -0.735. The second-order valence-corrected chi connectivity index (χ2v) is 3.44. The zero-order chi connectivity index (χ0) is 9.97. The maximum Gasteiger partial charge on any atom is 0.340 e. The fourth-order valence-corrected chi connectivity index (χ4v) is 1.80. The normalized spacial score (nSPS) is 17.1. The van der Waals surface area contributed by atoms with Gasteiger partial charge in [-0.25, -0.2) is 4.79 Å². The van der Waals surface area contributed by atoms with Crippen molar-refractivity contribution in [3.8, 4) is 0 Å². The number of hydrogen-bond acceptors (Lipinski definition) is 4. The summed E-state index contributed by atoms with van der Waals surface area (Å²) < 4.78 is 4.71. The Hall–Kier alpha value is -1.07. The Morgan fingerprint density at radius 3 is 2.80 bits per heavy atom. The van der Waals surface area contributed by atoms with Gasteiger partial charge in [0.05, 0.1) is 0 Å². The molecule has 1 fully saturated rings. The molecule has 0 aliphatic carbocycles. The van der Waals surface area contributed by atoms with Crippen molar-refractivity contribution in [1.29, 1.82) is 0 Å². The molecule has 6 heteroatoms. The molecule has 0 amide bonds. The molecule has 15 heavy (non-hydrogen) atoms. The topological polar surface area (TPSA) is 75.4 Å². The van der Waals surface area contributed by atoms with Gasteiger partial charge in [-0.05, 0) is 25.9 Å². The molecule has 2 heterocycles. The fourth-order valence-electron chi connectivity index (χ4n) is 1.80. The molecule has 1 saturated heterocycles. The molecular formula is C9H13ClN2O3. The third-order valence-electron chi connectivity index (χ3n) is 2.55. The Kier molecular flexibility index (Phi) is 4.11. The van der Waals surface area contributed by atoms with Gasteiger partial charge in [-0.3, -0.25) is 0 Å². The summed E-state index contributed by atoms with van der Waals surface area (Å²) in [5.41, 5.74) is 0.802. The van der Waals surface area contributed by atoms with Gasteiger partial charge in [0.1, 0.15) is 17.5 Å². The first-order valence-electron chi connectivity index (χ1n) is 4.67. The molecule has 1 aromatic rings. The number of piperidine rings is 1. The number of nitrogens with zero attached hydrogens (tertiary/aromatic N) is 1. The van der Waals surface area contributed by atoms with Gasteiger partial charge < -0.3 is 14.9 Å². The average Bonchev–Trinajstić information content (AvgIpc) is 2.67. The van der Waals surface area contributed by atoms with E-state index in [0.717, 1.165) is 25.9 Å². The SMILES string of the molecule is Cl.O=C(O)c1conc1C1CCNCC1. The number of hydrogen-bond donors (Lipinski definition) is 2. The summed E-state index contributed by atoms with van der Waals surface area (Å²) in [7, 11) is 0. The van der Waals surface area contributed by atoms with E-state index in [2.05, 4.69) is 10.5 Å². The minimum atomic E-state index is -0.959. The predicted octanol–water partition coefficient (Wildman–Crippen LogP) is 1.26. The zero-order valence-corrected chi connectivity index (χ0v) is 8.92. The Labute approximate surface area is 93.2 Å². The second kappa shape index (κ2) is 5.14. The first-order valence-corrected chi connectivity index (χ1v) is 4.67. The first-order chi connectivity index (χ1) is 6.79. The minimum Gasteiger partial charge on any atom is -0.478 e. The van der Waals surface area contributed by atoms with Crippen LogP contribution in [0, 0.1) is 0 Å². The first kappa shape index (κ1) is 12.0. The molecule has 0 saturated carbocycles. The zero-order valence-electron chi connectivity index (χ0n) is 8.10. The number of halogens is 1. The number of rotatable bonds is 2. The highest BCUT2D eigenvalue weighted by molar-refractivity contribution is 5.88. The van der Waals surface area contributed by atoms with Crippen LogP contribution >= 0.6 is 12.4 Å². The number of carboxylic acid groups (broad SMARTS) is 1. The molecule has 84 valence electrons. The molecule has 0 spiro atoms. The van der Waals surface area contributed by atoms with Gasteiger partial charge in [-0.2, -0.15) is 0 Å². The maximum atomic E-state index is 10.8. The van der Waals surface area contributed by atoms with Crippen LogP contribution in [-0.4, -0.2) is 29.3 Å². The van der Waals surface area contributed by atoms with Crippen LogP contribution in [0.15, 0.2) is 10.8 Å². The van der Waals surface area contributed by atoms with Crippen molar-refractivity contribution in [2.75, 3.05) is 13.1 Å². The lowest BCUT2D eigenvalue weighted by Gasteiger charge is -2.20. The van der Waals surface area contributed by atoms with E-state index in [1.807, 2.05) is 0 Å². The number of nitrogens with one attached hydrogen (secondary N) is 1. The molecular weight excluding hydrogens is 220 g/mol. The Morgan fingerprint density at radius 1 is 1.53 bits per heavy atom. The molecule has 0 unspecified atom stereocenters. The van der Waals surface area contributed by atoms with Crippen LogP contribution in [-0.2, 0) is 0 Å². The predicted molar refractivity (Wildman–Crippen MR) is 55.6 cm³/mol. The average molecular weight is 233 g/mol. The lowest BCUT2D eigenvalue weighted by atomic mass is 9.92. The van der Waals surface area contributed by atoms with E-state index < -0.39 is 5.97 Å². The monoisotopic (exact) mass is 232 g/mol. The standard InChI is InChI=1S/C9H12N2O3.ClH/c12-9(13)7-5-14-11-8(7)6-1-3-10-4-2-6;/h5-6,10H,1-4H2,(H,12,13);1H. The molecule has 1 aliphatic rings. The largest absolute Gasteiger partial charge is 0.478 e. The van der Waals surface area contributed by atoms with Crippen molar-refractivity contribution in [1.82, 2.24) is 10.5 Å². The number of aromatic carboxylic acids is 1. The van der Waals surface area contributed by atoms with Gasteiger partial charge in [0.15, 0.2) is 0 Å². The Balaban J connectivity index is 0.00000112. The van der Waals surface area contributed by atoms with Crippen LogP contribution in [0.1, 0.15) is 34.8 Å². The molecule has 1 aliphatic heterocycles. The summed E-state index contributed by atoms with van der Waals surface area (Å²) in [6, 6.07) is 0. The van der Waals surface area contributed by atoms with Crippen molar-refractivity contribution in [3.63, 3.8) is 0 Å². The van der Waals surface area contributed by atoms with E-state index in [-0.39, 0.29) is 23.9 Å². The highest BCUT2D eigenvalue weighted by Gasteiger charge is 2.24. The van der Waals surface area contributed by atoms with Crippen LogP contribution in [0.2, 0.25) is 0 Å². The third-order valence-corrected chi connectivity index (χ3v) is 2.55. The summed E-state index contributed by atoms with van der Waals surface area (Å²) in [6.45, 7) is 1.83. The Bertz CT molecular complexity index is 334. The van der Waals surface area contributed by atoms with E-state index in [4.69, 9.17) is 9.63 Å². The van der Waals surface area contributed by atoms with Gasteiger partial charge in [0.2, 0.25) is 0 Å². The van der Waals surface area contributed by atoms with Gasteiger partial charge in [0.25, 0.3) is 0 Å². The van der Waals surface area contributed by atoms with E-state index in [0.29, 0.717) is 5.69 Å². The Morgan fingerprint density at radius 2 is 2.20 bits per heavy atom. The van der Waals surface area contributed by atoms with Crippen LogP contribution in [0.4, 0.5) is 0 Å². The summed E-state index contributed by atoms with van der Waals surface area (Å²) in [4.78, 5) is 10.8. The van der Waals surface area contributed by atoms with Crippen LogP contribution < -0.4 is 5.32 Å². The minimum absolute atomic E-state index is 0. The van der Waals surface area contributed by atoms with Crippen molar-refractivity contribution in [2.45, 2.75) is 18.8 Å². The molecule has 5 nitrogen and oxygen atoms in total. The smallest absolute Gasteiger partial charge is 0.340 e. The lowest BCUT2D eigenvalue weighted by Crippen LogP contribution is -2.27. The lowest BCUT2D eigenvalue weighted by molar-refractivity contribution is 0.0694. The molecule has 0 bridgehead atoms. The van der Waals surface area contributed by atoms with Crippen LogP contribution in [0.25, 0.3) is 0 Å². The maximum absolute atomic E-state index is 10.8. The van der Waals surface area contributed by atoms with Crippen LogP contribution in [0.3, 0.4) is 0 Å².